The zero-order chi connectivity index (χ0) is 24.7. The summed E-state index contributed by atoms with van der Waals surface area (Å²) in [4.78, 5) is 12.7. The lowest BCUT2D eigenvalue weighted by Crippen LogP contribution is -2.13. The number of nitrogens with zero attached hydrogens (tertiary/aromatic N) is 1. The highest BCUT2D eigenvalue weighted by molar-refractivity contribution is 9.10. The predicted octanol–water partition coefficient (Wildman–Crippen LogP) is 6.90. The number of carbonyl (C=O) groups excluding carboxylic acids is 1. The second-order valence-electron chi connectivity index (χ2n) is 7.96. The molecule has 34 heavy (non-hydrogen) atoms. The average Bonchev–Trinajstić information content (AvgIpc) is 2.80. The normalized spacial score (nSPS) is 11.0. The molecule has 0 fully saturated rings. The van der Waals surface area contributed by atoms with Crippen molar-refractivity contribution in [3.05, 3.63) is 92.5 Å². The van der Waals surface area contributed by atoms with Crippen molar-refractivity contribution in [1.29, 1.82) is 5.26 Å². The van der Waals surface area contributed by atoms with Gasteiger partial charge in [-0.15, -0.1) is 0 Å². The number of carbonyl (C=O) groups is 1. The van der Waals surface area contributed by atoms with Gasteiger partial charge in [-0.3, -0.25) is 4.79 Å². The molecule has 0 spiro atoms. The molecule has 1 N–H and O–H groups in total. The van der Waals surface area contributed by atoms with Gasteiger partial charge < -0.3 is 14.8 Å². The minimum atomic E-state index is -0.473. The number of hydrogen-bond donors (Lipinski definition) is 1. The quantitative estimate of drug-likeness (QED) is 0.260. The van der Waals surface area contributed by atoms with Gasteiger partial charge in [-0.1, -0.05) is 35.9 Å². The predicted molar refractivity (Wildman–Crippen MR) is 139 cm³/mol. The number of nitrogens with one attached hydrogen (secondary N) is 1. The van der Waals surface area contributed by atoms with Crippen LogP contribution in [0.3, 0.4) is 0 Å². The molecule has 1 amide bonds. The highest BCUT2D eigenvalue weighted by Gasteiger charge is 2.15. The van der Waals surface area contributed by atoms with Crippen LogP contribution in [-0.4, -0.2) is 12.5 Å². The second-order valence-corrected chi connectivity index (χ2v) is 8.81. The van der Waals surface area contributed by atoms with Gasteiger partial charge in [0.15, 0.2) is 11.5 Å². The van der Waals surface area contributed by atoms with Crippen molar-refractivity contribution in [3.63, 3.8) is 0 Å². The molecule has 0 aromatic heterocycles. The van der Waals surface area contributed by atoms with Gasteiger partial charge in [0.1, 0.15) is 18.2 Å². The number of halogens is 1. The van der Waals surface area contributed by atoms with E-state index in [2.05, 4.69) is 21.2 Å². The molecular formula is C28H27BrN2O3. The monoisotopic (exact) mass is 518 g/mol. The van der Waals surface area contributed by atoms with Crippen molar-refractivity contribution >= 4 is 33.6 Å². The van der Waals surface area contributed by atoms with E-state index in [1.807, 2.05) is 76.2 Å². The number of nitriles is 1. The molecule has 0 atom stereocenters. The zero-order valence-electron chi connectivity index (χ0n) is 19.7. The Labute approximate surface area is 209 Å². The highest BCUT2D eigenvalue weighted by Crippen LogP contribution is 2.38. The highest BCUT2D eigenvalue weighted by atomic mass is 79.9. The molecule has 0 saturated carbocycles. The van der Waals surface area contributed by atoms with Crippen molar-refractivity contribution in [2.45, 2.75) is 34.3 Å². The molecule has 0 heterocycles. The van der Waals surface area contributed by atoms with Crippen LogP contribution in [0.4, 0.5) is 5.69 Å². The van der Waals surface area contributed by atoms with Gasteiger partial charge in [0.2, 0.25) is 0 Å². The van der Waals surface area contributed by atoms with Gasteiger partial charge in [0.05, 0.1) is 11.1 Å². The van der Waals surface area contributed by atoms with Crippen LogP contribution < -0.4 is 14.8 Å². The van der Waals surface area contributed by atoms with E-state index < -0.39 is 5.91 Å². The fourth-order valence-electron chi connectivity index (χ4n) is 3.25. The molecule has 0 unspecified atom stereocenters. The third-order valence-electron chi connectivity index (χ3n) is 5.28. The first-order valence-electron chi connectivity index (χ1n) is 11.0. The largest absolute Gasteiger partial charge is 0.490 e. The van der Waals surface area contributed by atoms with Gasteiger partial charge in [-0.05, 0) is 96.2 Å². The molecule has 3 rings (SSSR count). The van der Waals surface area contributed by atoms with E-state index in [4.69, 9.17) is 9.47 Å². The number of hydrogen-bond acceptors (Lipinski definition) is 4. The SMILES string of the molecule is CCOc1cc(/C=C(\C#N)C(=O)Nc2ccc(C)c(C)c2)cc(Br)c1OCc1ccc(C)cc1. The molecule has 0 bridgehead atoms. The first kappa shape index (κ1) is 25.1. The Morgan fingerprint density at radius 1 is 1.03 bits per heavy atom. The maximum Gasteiger partial charge on any atom is 0.266 e. The summed E-state index contributed by atoms with van der Waals surface area (Å²) < 4.78 is 12.5. The lowest BCUT2D eigenvalue weighted by Gasteiger charge is -2.15. The van der Waals surface area contributed by atoms with Crippen LogP contribution in [0.5, 0.6) is 11.5 Å². The van der Waals surface area contributed by atoms with E-state index in [0.29, 0.717) is 40.4 Å². The van der Waals surface area contributed by atoms with Gasteiger partial charge in [-0.2, -0.15) is 5.26 Å². The van der Waals surface area contributed by atoms with Crippen LogP contribution in [0.1, 0.15) is 34.7 Å². The van der Waals surface area contributed by atoms with Gasteiger partial charge in [0.25, 0.3) is 5.91 Å². The third kappa shape index (κ3) is 6.49. The van der Waals surface area contributed by atoms with Crippen LogP contribution in [0.15, 0.2) is 64.6 Å². The fourth-order valence-corrected chi connectivity index (χ4v) is 3.82. The lowest BCUT2D eigenvalue weighted by atomic mass is 10.1. The summed E-state index contributed by atoms with van der Waals surface area (Å²) >= 11 is 3.55. The first-order valence-corrected chi connectivity index (χ1v) is 11.7. The number of aryl methyl sites for hydroxylation is 3. The van der Waals surface area contributed by atoms with Crippen LogP contribution in [0, 0.1) is 32.1 Å². The summed E-state index contributed by atoms with van der Waals surface area (Å²) in [5.74, 6) is 0.624. The molecule has 0 radical (unpaired) electrons. The van der Waals surface area contributed by atoms with Crippen LogP contribution in [0.2, 0.25) is 0 Å². The van der Waals surface area contributed by atoms with Crippen molar-refractivity contribution in [2.24, 2.45) is 0 Å². The molecule has 0 saturated heterocycles. The van der Waals surface area contributed by atoms with E-state index in [0.717, 1.165) is 16.7 Å². The summed E-state index contributed by atoms with van der Waals surface area (Å²) in [6, 6.07) is 19.3. The van der Waals surface area contributed by atoms with Crippen molar-refractivity contribution in [2.75, 3.05) is 11.9 Å². The maximum atomic E-state index is 12.7. The van der Waals surface area contributed by atoms with Crippen LogP contribution in [-0.2, 0) is 11.4 Å². The number of amides is 1. The molecule has 6 heteroatoms. The third-order valence-corrected chi connectivity index (χ3v) is 5.87. The van der Waals surface area contributed by atoms with Crippen molar-refractivity contribution in [1.82, 2.24) is 0 Å². The van der Waals surface area contributed by atoms with E-state index in [1.165, 1.54) is 11.6 Å². The number of rotatable bonds is 8. The molecule has 0 aliphatic rings. The zero-order valence-corrected chi connectivity index (χ0v) is 21.3. The standard InChI is InChI=1S/C28H27BrN2O3/c1-5-33-26-15-22(14-25(29)27(26)34-17-21-9-6-18(2)7-10-21)13-23(16-30)28(32)31-24-11-8-19(3)20(4)12-24/h6-15H,5,17H2,1-4H3,(H,31,32)/b23-13+. The van der Waals surface area contributed by atoms with Crippen molar-refractivity contribution < 1.29 is 14.3 Å². The first-order chi connectivity index (χ1) is 16.3. The fraction of sp³-hybridized carbons (Fsp3) is 0.214. The molecular weight excluding hydrogens is 492 g/mol. The molecule has 0 aliphatic heterocycles. The molecule has 174 valence electrons. The smallest absolute Gasteiger partial charge is 0.266 e. The summed E-state index contributed by atoms with van der Waals surface area (Å²) in [5.41, 5.74) is 5.69. The van der Waals surface area contributed by atoms with Gasteiger partial charge in [0, 0.05) is 5.69 Å². The minimum Gasteiger partial charge on any atom is -0.490 e. The maximum absolute atomic E-state index is 12.7. The number of benzene rings is 3. The van der Waals surface area contributed by atoms with Crippen LogP contribution >= 0.6 is 15.9 Å². The Kier molecular flexibility index (Phi) is 8.50. The Bertz CT molecular complexity index is 1260. The molecule has 0 aliphatic carbocycles. The van der Waals surface area contributed by atoms with E-state index in [1.54, 1.807) is 12.1 Å². The lowest BCUT2D eigenvalue weighted by molar-refractivity contribution is -0.112. The summed E-state index contributed by atoms with van der Waals surface area (Å²) in [6.45, 7) is 8.73. The topological polar surface area (TPSA) is 71.3 Å². The Balaban J connectivity index is 1.84. The Morgan fingerprint density at radius 3 is 2.41 bits per heavy atom. The summed E-state index contributed by atoms with van der Waals surface area (Å²) in [5, 5.41) is 12.4. The number of anilines is 1. The van der Waals surface area contributed by atoms with Gasteiger partial charge >= 0.3 is 0 Å². The Morgan fingerprint density at radius 2 is 1.76 bits per heavy atom. The van der Waals surface area contributed by atoms with Crippen molar-refractivity contribution in [3.8, 4) is 17.6 Å². The van der Waals surface area contributed by atoms with E-state index in [-0.39, 0.29) is 5.57 Å². The van der Waals surface area contributed by atoms with Gasteiger partial charge in [-0.25, -0.2) is 0 Å². The summed E-state index contributed by atoms with van der Waals surface area (Å²) in [6.07, 6.45) is 1.54. The molecule has 3 aromatic carbocycles. The second kappa shape index (κ2) is 11.5. The van der Waals surface area contributed by atoms with E-state index >= 15 is 0 Å². The molecule has 3 aromatic rings. The Hall–Kier alpha value is -3.56. The minimum absolute atomic E-state index is 0.0131. The number of ether oxygens (including phenoxy) is 2. The van der Waals surface area contributed by atoms with Crippen LogP contribution in [0.25, 0.3) is 6.08 Å². The average molecular weight is 519 g/mol. The summed E-state index contributed by atoms with van der Waals surface area (Å²) in [7, 11) is 0. The van der Waals surface area contributed by atoms with E-state index in [9.17, 15) is 10.1 Å². The molecule has 5 nitrogen and oxygen atoms in total.